The number of hydrogen-bond acceptors (Lipinski definition) is 3. The van der Waals surface area contributed by atoms with Crippen LogP contribution >= 0.6 is 11.6 Å². The Morgan fingerprint density at radius 1 is 1.24 bits per heavy atom. The molecular formula is C13H14ClN3. The Labute approximate surface area is 106 Å². The van der Waals surface area contributed by atoms with E-state index in [1.807, 2.05) is 37.3 Å². The van der Waals surface area contributed by atoms with Crippen molar-refractivity contribution < 1.29 is 0 Å². The fourth-order valence-electron chi connectivity index (χ4n) is 1.58. The summed E-state index contributed by atoms with van der Waals surface area (Å²) in [6, 6.07) is 9.80. The van der Waals surface area contributed by atoms with Gasteiger partial charge < -0.3 is 5.32 Å². The molecule has 1 N–H and O–H groups in total. The van der Waals surface area contributed by atoms with Crippen molar-refractivity contribution in [3.63, 3.8) is 0 Å². The van der Waals surface area contributed by atoms with Crippen molar-refractivity contribution in [2.75, 3.05) is 11.9 Å². The van der Waals surface area contributed by atoms with E-state index in [0.29, 0.717) is 0 Å². The molecule has 17 heavy (non-hydrogen) atoms. The van der Waals surface area contributed by atoms with Crippen molar-refractivity contribution in [1.29, 1.82) is 0 Å². The van der Waals surface area contributed by atoms with Crippen LogP contribution in [0, 0.1) is 6.92 Å². The number of anilines is 1. The third-order valence-corrected chi connectivity index (χ3v) is 2.83. The first-order chi connectivity index (χ1) is 8.25. The van der Waals surface area contributed by atoms with Crippen molar-refractivity contribution >= 4 is 17.4 Å². The molecule has 0 fully saturated rings. The number of nitrogens with zero attached hydrogens (tertiary/aromatic N) is 2. The maximum Gasteiger partial charge on any atom is 0.129 e. The summed E-state index contributed by atoms with van der Waals surface area (Å²) in [4.78, 5) is 8.19. The highest BCUT2D eigenvalue weighted by atomic mass is 35.5. The molecule has 0 spiro atoms. The monoisotopic (exact) mass is 247 g/mol. The Kier molecular flexibility index (Phi) is 3.94. The molecule has 0 amide bonds. The Morgan fingerprint density at radius 3 is 2.82 bits per heavy atom. The lowest BCUT2D eigenvalue weighted by molar-refractivity contribution is 0.993. The number of benzene rings is 1. The second-order valence-corrected chi connectivity index (χ2v) is 4.22. The first-order valence-corrected chi connectivity index (χ1v) is 5.89. The van der Waals surface area contributed by atoms with E-state index in [1.54, 1.807) is 6.33 Å². The maximum absolute atomic E-state index is 6.08. The average molecular weight is 248 g/mol. The molecule has 88 valence electrons. The van der Waals surface area contributed by atoms with Crippen LogP contribution < -0.4 is 5.32 Å². The van der Waals surface area contributed by atoms with E-state index in [-0.39, 0.29) is 0 Å². The first kappa shape index (κ1) is 11.9. The molecule has 0 unspecified atom stereocenters. The summed E-state index contributed by atoms with van der Waals surface area (Å²) in [7, 11) is 0. The van der Waals surface area contributed by atoms with Crippen LogP contribution in [-0.4, -0.2) is 16.5 Å². The van der Waals surface area contributed by atoms with Gasteiger partial charge in [0, 0.05) is 23.3 Å². The van der Waals surface area contributed by atoms with Gasteiger partial charge in [0.15, 0.2) is 0 Å². The SMILES string of the molecule is Cc1cc(NCCc2ccccc2Cl)ncn1. The van der Waals surface area contributed by atoms with Gasteiger partial charge in [-0.2, -0.15) is 0 Å². The van der Waals surface area contributed by atoms with Crippen molar-refractivity contribution in [3.05, 3.63) is 52.9 Å². The standard InChI is InChI=1S/C13H14ClN3/c1-10-8-13(17-9-16-10)15-7-6-11-4-2-3-5-12(11)14/h2-5,8-9H,6-7H2,1H3,(H,15,16,17). The summed E-state index contributed by atoms with van der Waals surface area (Å²) in [5, 5.41) is 4.06. The summed E-state index contributed by atoms with van der Waals surface area (Å²) in [5.41, 5.74) is 2.10. The molecule has 0 atom stereocenters. The summed E-state index contributed by atoms with van der Waals surface area (Å²) in [6.45, 7) is 2.75. The van der Waals surface area contributed by atoms with Gasteiger partial charge in [-0.25, -0.2) is 9.97 Å². The summed E-state index contributed by atoms with van der Waals surface area (Å²) in [5.74, 6) is 0.851. The van der Waals surface area contributed by atoms with Gasteiger partial charge in [0.2, 0.25) is 0 Å². The third-order valence-electron chi connectivity index (χ3n) is 2.46. The molecule has 0 aliphatic heterocycles. The largest absolute Gasteiger partial charge is 0.370 e. The minimum Gasteiger partial charge on any atom is -0.370 e. The second kappa shape index (κ2) is 5.64. The molecule has 0 radical (unpaired) electrons. The van der Waals surface area contributed by atoms with Gasteiger partial charge in [-0.1, -0.05) is 29.8 Å². The van der Waals surface area contributed by atoms with E-state index in [4.69, 9.17) is 11.6 Å². The first-order valence-electron chi connectivity index (χ1n) is 5.51. The number of hydrogen-bond donors (Lipinski definition) is 1. The molecule has 1 aromatic carbocycles. The zero-order chi connectivity index (χ0) is 12.1. The van der Waals surface area contributed by atoms with E-state index in [9.17, 15) is 0 Å². The van der Waals surface area contributed by atoms with Crippen molar-refractivity contribution in [1.82, 2.24) is 9.97 Å². The Balaban J connectivity index is 1.90. The van der Waals surface area contributed by atoms with Gasteiger partial charge in [-0.15, -0.1) is 0 Å². The van der Waals surface area contributed by atoms with E-state index < -0.39 is 0 Å². The molecule has 2 aromatic rings. The predicted octanol–water partition coefficient (Wildman–Crippen LogP) is 3.09. The van der Waals surface area contributed by atoms with Crippen molar-refractivity contribution in [2.24, 2.45) is 0 Å². The number of nitrogens with one attached hydrogen (secondary N) is 1. The van der Waals surface area contributed by atoms with Gasteiger partial charge in [0.25, 0.3) is 0 Å². The quantitative estimate of drug-likeness (QED) is 0.902. The smallest absolute Gasteiger partial charge is 0.129 e. The van der Waals surface area contributed by atoms with Crippen molar-refractivity contribution in [2.45, 2.75) is 13.3 Å². The summed E-state index contributed by atoms with van der Waals surface area (Å²) >= 11 is 6.08. The van der Waals surface area contributed by atoms with Crippen LogP contribution in [0.3, 0.4) is 0 Å². The molecule has 1 heterocycles. The van der Waals surface area contributed by atoms with Gasteiger partial charge >= 0.3 is 0 Å². The maximum atomic E-state index is 6.08. The zero-order valence-corrected chi connectivity index (χ0v) is 10.4. The highest BCUT2D eigenvalue weighted by Crippen LogP contribution is 2.15. The fraction of sp³-hybridized carbons (Fsp3) is 0.231. The lowest BCUT2D eigenvalue weighted by atomic mass is 10.1. The van der Waals surface area contributed by atoms with E-state index in [1.165, 1.54) is 0 Å². The minimum atomic E-state index is 0.806. The van der Waals surface area contributed by atoms with Crippen LogP contribution in [0.4, 0.5) is 5.82 Å². The molecule has 1 aromatic heterocycles. The van der Waals surface area contributed by atoms with Gasteiger partial charge in [-0.3, -0.25) is 0 Å². The lowest BCUT2D eigenvalue weighted by Crippen LogP contribution is -2.07. The Bertz CT molecular complexity index is 500. The molecular weight excluding hydrogens is 234 g/mol. The van der Waals surface area contributed by atoms with Gasteiger partial charge in [0.1, 0.15) is 12.1 Å². The van der Waals surface area contributed by atoms with E-state index >= 15 is 0 Å². The molecule has 4 heteroatoms. The molecule has 3 nitrogen and oxygen atoms in total. The van der Waals surface area contributed by atoms with Gasteiger partial charge in [-0.05, 0) is 25.0 Å². The predicted molar refractivity (Wildman–Crippen MR) is 70.4 cm³/mol. The topological polar surface area (TPSA) is 37.8 Å². The van der Waals surface area contributed by atoms with Crippen LogP contribution in [0.15, 0.2) is 36.7 Å². The van der Waals surface area contributed by atoms with Crippen LogP contribution in [0.5, 0.6) is 0 Å². The molecule has 0 saturated carbocycles. The van der Waals surface area contributed by atoms with Crippen LogP contribution in [0.1, 0.15) is 11.3 Å². The van der Waals surface area contributed by atoms with Crippen LogP contribution in [0.2, 0.25) is 5.02 Å². The van der Waals surface area contributed by atoms with E-state index in [2.05, 4.69) is 15.3 Å². The van der Waals surface area contributed by atoms with Gasteiger partial charge in [0.05, 0.1) is 0 Å². The molecule has 0 saturated heterocycles. The minimum absolute atomic E-state index is 0.806. The number of halogens is 1. The molecule has 2 rings (SSSR count). The molecule has 0 aliphatic rings. The summed E-state index contributed by atoms with van der Waals surface area (Å²) < 4.78 is 0. The third kappa shape index (κ3) is 3.43. The highest BCUT2D eigenvalue weighted by Gasteiger charge is 1.99. The Morgan fingerprint density at radius 2 is 2.06 bits per heavy atom. The molecule has 0 aliphatic carbocycles. The second-order valence-electron chi connectivity index (χ2n) is 3.81. The number of aromatic nitrogens is 2. The highest BCUT2D eigenvalue weighted by molar-refractivity contribution is 6.31. The Hall–Kier alpha value is -1.61. The molecule has 0 bridgehead atoms. The average Bonchev–Trinajstić information content (AvgIpc) is 2.32. The fourth-order valence-corrected chi connectivity index (χ4v) is 1.81. The lowest BCUT2D eigenvalue weighted by Gasteiger charge is -2.06. The number of aryl methyl sites for hydroxylation is 1. The number of rotatable bonds is 4. The summed E-state index contributed by atoms with van der Waals surface area (Å²) in [6.07, 6.45) is 2.44. The normalized spacial score (nSPS) is 10.2. The van der Waals surface area contributed by atoms with Crippen molar-refractivity contribution in [3.8, 4) is 0 Å². The van der Waals surface area contributed by atoms with E-state index in [0.717, 1.165) is 35.1 Å². The van der Waals surface area contributed by atoms with Crippen LogP contribution in [0.25, 0.3) is 0 Å². The van der Waals surface area contributed by atoms with Crippen LogP contribution in [-0.2, 0) is 6.42 Å². The zero-order valence-electron chi connectivity index (χ0n) is 9.65.